The molecule has 1 unspecified atom stereocenters. The highest BCUT2D eigenvalue weighted by molar-refractivity contribution is 5.95. The average Bonchev–Trinajstić information content (AvgIpc) is 3.05. The van der Waals surface area contributed by atoms with E-state index in [1.807, 2.05) is 13.0 Å². The van der Waals surface area contributed by atoms with Crippen molar-refractivity contribution >= 4 is 5.91 Å². The average molecular weight is 390 g/mol. The molecule has 0 bridgehead atoms. The van der Waals surface area contributed by atoms with E-state index in [0.29, 0.717) is 18.7 Å². The summed E-state index contributed by atoms with van der Waals surface area (Å²) in [5.74, 6) is -0.167. The van der Waals surface area contributed by atoms with Crippen molar-refractivity contribution in [2.75, 3.05) is 39.8 Å². The highest BCUT2D eigenvalue weighted by Gasteiger charge is 2.22. The topological polar surface area (TPSA) is 54.8 Å². The number of ether oxygens (including phenoxy) is 1. The van der Waals surface area contributed by atoms with E-state index in [9.17, 15) is 9.59 Å². The van der Waals surface area contributed by atoms with E-state index < -0.39 is 0 Å². The van der Waals surface area contributed by atoms with Gasteiger partial charge in [-0.05, 0) is 70.3 Å². The minimum atomic E-state index is -0.195. The van der Waals surface area contributed by atoms with Crippen molar-refractivity contribution in [1.82, 2.24) is 14.4 Å². The number of nitrogens with zero attached hydrogens (tertiary/aromatic N) is 3. The van der Waals surface area contributed by atoms with Crippen molar-refractivity contribution in [2.45, 2.75) is 64.5 Å². The van der Waals surface area contributed by atoms with Crippen molar-refractivity contribution in [3.63, 3.8) is 0 Å². The standard InChI is InChI=1S/C22H35N3O3/c1-18-10-15-25(17-19-9-7-16-28-19)22(27)20(18)21(26)23(2)11-8-14-24-12-5-3-4-6-13-24/h10,15,19H,3-9,11-14,16-17H2,1-2H3. The Morgan fingerprint density at radius 2 is 1.96 bits per heavy atom. The van der Waals surface area contributed by atoms with E-state index in [4.69, 9.17) is 4.74 Å². The van der Waals surface area contributed by atoms with Crippen molar-refractivity contribution in [2.24, 2.45) is 0 Å². The number of rotatable bonds is 7. The van der Waals surface area contributed by atoms with Gasteiger partial charge in [0.15, 0.2) is 0 Å². The Kier molecular flexibility index (Phi) is 7.68. The molecule has 6 heteroatoms. The Labute approximate surface area is 168 Å². The van der Waals surface area contributed by atoms with Crippen LogP contribution >= 0.6 is 0 Å². The SMILES string of the molecule is Cc1ccn(CC2CCCO2)c(=O)c1C(=O)N(C)CCCN1CCCCCC1. The predicted octanol–water partition coefficient (Wildman–Crippen LogP) is 2.67. The van der Waals surface area contributed by atoms with Crippen LogP contribution < -0.4 is 5.56 Å². The lowest BCUT2D eigenvalue weighted by Crippen LogP contribution is -2.38. The van der Waals surface area contributed by atoms with E-state index in [1.54, 1.807) is 22.7 Å². The molecule has 2 saturated heterocycles. The number of carbonyl (C=O) groups is 1. The first-order chi connectivity index (χ1) is 13.6. The third-order valence-corrected chi connectivity index (χ3v) is 6.02. The van der Waals surface area contributed by atoms with Gasteiger partial charge in [0, 0.05) is 26.4 Å². The molecule has 1 amide bonds. The van der Waals surface area contributed by atoms with Gasteiger partial charge in [-0.3, -0.25) is 9.59 Å². The molecule has 1 aromatic rings. The lowest BCUT2D eigenvalue weighted by Gasteiger charge is -2.23. The first-order valence-electron chi connectivity index (χ1n) is 10.9. The van der Waals surface area contributed by atoms with Crippen molar-refractivity contribution in [3.8, 4) is 0 Å². The summed E-state index contributed by atoms with van der Waals surface area (Å²) < 4.78 is 7.29. The highest BCUT2D eigenvalue weighted by Crippen LogP contribution is 2.14. The Hall–Kier alpha value is -1.66. The van der Waals surface area contributed by atoms with Gasteiger partial charge in [0.25, 0.3) is 11.5 Å². The summed E-state index contributed by atoms with van der Waals surface area (Å²) in [7, 11) is 1.81. The zero-order chi connectivity index (χ0) is 19.9. The molecule has 2 fully saturated rings. The second-order valence-corrected chi connectivity index (χ2v) is 8.30. The minimum Gasteiger partial charge on any atom is -0.376 e. The second-order valence-electron chi connectivity index (χ2n) is 8.30. The van der Waals surface area contributed by atoms with Crippen molar-refractivity contribution in [3.05, 3.63) is 33.7 Å². The maximum absolute atomic E-state index is 13.0. The fourth-order valence-corrected chi connectivity index (χ4v) is 4.26. The van der Waals surface area contributed by atoms with E-state index in [0.717, 1.165) is 38.0 Å². The fourth-order valence-electron chi connectivity index (χ4n) is 4.26. The molecule has 1 aromatic heterocycles. The smallest absolute Gasteiger partial charge is 0.263 e. The van der Waals surface area contributed by atoms with E-state index in [-0.39, 0.29) is 17.6 Å². The summed E-state index contributed by atoms with van der Waals surface area (Å²) in [6.07, 6.45) is 10.0. The molecule has 156 valence electrons. The molecule has 0 N–H and O–H groups in total. The van der Waals surface area contributed by atoms with Gasteiger partial charge in [-0.1, -0.05) is 12.8 Å². The quantitative estimate of drug-likeness (QED) is 0.719. The van der Waals surface area contributed by atoms with E-state index in [2.05, 4.69) is 4.90 Å². The minimum absolute atomic E-state index is 0.0784. The zero-order valence-corrected chi connectivity index (χ0v) is 17.5. The molecule has 0 spiro atoms. The summed E-state index contributed by atoms with van der Waals surface area (Å²) in [6.45, 7) is 7.17. The molecule has 0 aliphatic carbocycles. The summed E-state index contributed by atoms with van der Waals surface area (Å²) >= 11 is 0. The molecule has 28 heavy (non-hydrogen) atoms. The third-order valence-electron chi connectivity index (χ3n) is 6.02. The molecule has 6 nitrogen and oxygen atoms in total. The van der Waals surface area contributed by atoms with Crippen LogP contribution in [0, 0.1) is 6.92 Å². The lowest BCUT2D eigenvalue weighted by atomic mass is 10.1. The number of aryl methyl sites for hydroxylation is 1. The van der Waals surface area contributed by atoms with E-state index >= 15 is 0 Å². The summed E-state index contributed by atoms with van der Waals surface area (Å²) in [5.41, 5.74) is 0.857. The maximum atomic E-state index is 13.0. The molecule has 1 atom stereocenters. The molecule has 0 radical (unpaired) electrons. The van der Waals surface area contributed by atoms with Crippen LogP contribution in [0.25, 0.3) is 0 Å². The summed E-state index contributed by atoms with van der Waals surface area (Å²) in [6, 6.07) is 1.87. The molecule has 2 aliphatic heterocycles. The van der Waals surface area contributed by atoms with Gasteiger partial charge in [0.05, 0.1) is 12.6 Å². The molecule has 3 heterocycles. The third kappa shape index (κ3) is 5.45. The van der Waals surface area contributed by atoms with Crippen molar-refractivity contribution in [1.29, 1.82) is 0 Å². The molecule has 0 aromatic carbocycles. The Bertz CT molecular complexity index is 701. The van der Waals surface area contributed by atoms with Gasteiger partial charge >= 0.3 is 0 Å². The van der Waals surface area contributed by atoms with Crippen LogP contribution in [-0.4, -0.2) is 66.2 Å². The van der Waals surface area contributed by atoms with Crippen LogP contribution in [0.15, 0.2) is 17.1 Å². The molecular weight excluding hydrogens is 354 g/mol. The molecule has 0 saturated carbocycles. The molecular formula is C22H35N3O3. The van der Waals surface area contributed by atoms with Gasteiger partial charge in [-0.25, -0.2) is 0 Å². The normalized spacial score (nSPS) is 20.9. The number of likely N-dealkylation sites (tertiary alicyclic amines) is 1. The van der Waals surface area contributed by atoms with Gasteiger partial charge in [-0.2, -0.15) is 0 Å². The second kappa shape index (κ2) is 10.2. The van der Waals surface area contributed by atoms with Crippen LogP contribution in [-0.2, 0) is 11.3 Å². The van der Waals surface area contributed by atoms with Gasteiger partial charge in [0.2, 0.25) is 0 Å². The van der Waals surface area contributed by atoms with Gasteiger partial charge in [0.1, 0.15) is 5.56 Å². The number of hydrogen-bond acceptors (Lipinski definition) is 4. The summed E-state index contributed by atoms with van der Waals surface area (Å²) in [4.78, 5) is 30.1. The van der Waals surface area contributed by atoms with Crippen LogP contribution in [0.4, 0.5) is 0 Å². The van der Waals surface area contributed by atoms with Crippen LogP contribution in [0.5, 0.6) is 0 Å². The molecule has 3 rings (SSSR count). The van der Waals surface area contributed by atoms with Gasteiger partial charge in [-0.15, -0.1) is 0 Å². The van der Waals surface area contributed by atoms with Crippen molar-refractivity contribution < 1.29 is 9.53 Å². The maximum Gasteiger partial charge on any atom is 0.263 e. The lowest BCUT2D eigenvalue weighted by molar-refractivity contribution is 0.0781. The predicted molar refractivity (Wildman–Crippen MR) is 111 cm³/mol. The van der Waals surface area contributed by atoms with Crippen LogP contribution in [0.3, 0.4) is 0 Å². The summed E-state index contributed by atoms with van der Waals surface area (Å²) in [5, 5.41) is 0. The highest BCUT2D eigenvalue weighted by atomic mass is 16.5. The van der Waals surface area contributed by atoms with Crippen LogP contribution in [0.2, 0.25) is 0 Å². The van der Waals surface area contributed by atoms with Gasteiger partial charge < -0.3 is 19.1 Å². The Balaban J connectivity index is 1.59. The first kappa shape index (κ1) is 21.1. The Morgan fingerprint density at radius 1 is 1.21 bits per heavy atom. The van der Waals surface area contributed by atoms with E-state index in [1.165, 1.54) is 38.8 Å². The largest absolute Gasteiger partial charge is 0.376 e. The number of amides is 1. The fraction of sp³-hybridized carbons (Fsp3) is 0.727. The number of aromatic nitrogens is 1. The van der Waals surface area contributed by atoms with Crippen LogP contribution in [0.1, 0.15) is 60.9 Å². The monoisotopic (exact) mass is 389 g/mol. The number of pyridine rings is 1. The number of carbonyl (C=O) groups excluding carboxylic acids is 1. The first-order valence-corrected chi connectivity index (χ1v) is 10.9. The Morgan fingerprint density at radius 3 is 2.64 bits per heavy atom. The molecule has 2 aliphatic rings. The zero-order valence-electron chi connectivity index (χ0n) is 17.5. The number of hydrogen-bond donors (Lipinski definition) is 0.